The highest BCUT2D eigenvalue weighted by molar-refractivity contribution is 9.10. The fourth-order valence-corrected chi connectivity index (χ4v) is 2.64. The molecule has 3 nitrogen and oxygen atoms in total. The molecule has 1 aromatic carbocycles. The smallest absolute Gasteiger partial charge is 0.120 e. The Morgan fingerprint density at radius 3 is 2.94 bits per heavy atom. The molecular weight excluding hydrogens is 294 g/mol. The van der Waals surface area contributed by atoms with Crippen molar-refractivity contribution in [3.63, 3.8) is 0 Å². The van der Waals surface area contributed by atoms with Crippen LogP contribution in [-0.4, -0.2) is 25.4 Å². The first-order chi connectivity index (χ1) is 8.74. The van der Waals surface area contributed by atoms with E-state index in [2.05, 4.69) is 15.9 Å². The highest BCUT2D eigenvalue weighted by Gasteiger charge is 2.19. The first kappa shape index (κ1) is 13.8. The van der Waals surface area contributed by atoms with E-state index in [0.717, 1.165) is 29.5 Å². The summed E-state index contributed by atoms with van der Waals surface area (Å²) < 4.78 is 12.4. The standard InChI is InChI=1S/C14H20BrNO2/c15-11-3-1-5-13(9-11)17-7-8-18-14-6-2-4-12(16)10-14/h1,3,5,9,12,14H,2,4,6-8,10,16H2. The lowest BCUT2D eigenvalue weighted by Gasteiger charge is -2.26. The van der Waals surface area contributed by atoms with Gasteiger partial charge < -0.3 is 15.2 Å². The van der Waals surface area contributed by atoms with Gasteiger partial charge in [0.15, 0.2) is 0 Å². The maximum atomic E-state index is 5.92. The van der Waals surface area contributed by atoms with E-state index in [4.69, 9.17) is 15.2 Å². The Labute approximate surface area is 117 Å². The van der Waals surface area contributed by atoms with Gasteiger partial charge in [-0.25, -0.2) is 0 Å². The predicted molar refractivity (Wildman–Crippen MR) is 75.8 cm³/mol. The molecule has 0 saturated heterocycles. The molecule has 0 amide bonds. The maximum Gasteiger partial charge on any atom is 0.120 e. The third kappa shape index (κ3) is 4.59. The van der Waals surface area contributed by atoms with E-state index in [0.29, 0.717) is 25.4 Å². The highest BCUT2D eigenvalue weighted by atomic mass is 79.9. The summed E-state index contributed by atoms with van der Waals surface area (Å²) in [5.74, 6) is 0.869. The summed E-state index contributed by atoms with van der Waals surface area (Å²) in [7, 11) is 0. The third-order valence-electron chi connectivity index (χ3n) is 3.17. The molecule has 1 aliphatic carbocycles. The molecule has 4 heteroatoms. The fraction of sp³-hybridized carbons (Fsp3) is 0.571. The van der Waals surface area contributed by atoms with E-state index in [1.165, 1.54) is 6.42 Å². The molecule has 2 unspecified atom stereocenters. The van der Waals surface area contributed by atoms with Gasteiger partial charge in [-0.3, -0.25) is 0 Å². The lowest BCUT2D eigenvalue weighted by atomic mass is 9.94. The van der Waals surface area contributed by atoms with E-state index in [1.54, 1.807) is 0 Å². The van der Waals surface area contributed by atoms with Crippen molar-refractivity contribution in [1.29, 1.82) is 0 Å². The Bertz CT molecular complexity index is 373. The van der Waals surface area contributed by atoms with Gasteiger partial charge in [-0.1, -0.05) is 22.0 Å². The first-order valence-electron chi connectivity index (χ1n) is 6.49. The summed E-state index contributed by atoms with van der Waals surface area (Å²) in [6.07, 6.45) is 4.74. The average molecular weight is 314 g/mol. The minimum atomic E-state index is 0.315. The second-order valence-electron chi connectivity index (χ2n) is 4.73. The number of hydrogen-bond acceptors (Lipinski definition) is 3. The Morgan fingerprint density at radius 2 is 2.17 bits per heavy atom. The van der Waals surface area contributed by atoms with E-state index < -0.39 is 0 Å². The molecule has 0 aromatic heterocycles. The number of nitrogens with two attached hydrogens (primary N) is 1. The zero-order valence-electron chi connectivity index (χ0n) is 10.5. The van der Waals surface area contributed by atoms with Gasteiger partial charge in [0, 0.05) is 10.5 Å². The molecule has 18 heavy (non-hydrogen) atoms. The normalized spacial score (nSPS) is 23.9. The van der Waals surface area contributed by atoms with Crippen molar-refractivity contribution in [3.05, 3.63) is 28.7 Å². The summed E-state index contributed by atoms with van der Waals surface area (Å²) in [4.78, 5) is 0. The van der Waals surface area contributed by atoms with Gasteiger partial charge in [-0.2, -0.15) is 0 Å². The minimum absolute atomic E-state index is 0.315. The topological polar surface area (TPSA) is 44.5 Å². The van der Waals surface area contributed by atoms with Crippen LogP contribution in [0, 0.1) is 0 Å². The van der Waals surface area contributed by atoms with Crippen LogP contribution in [0.25, 0.3) is 0 Å². The summed E-state index contributed by atoms with van der Waals surface area (Å²) in [6, 6.07) is 8.15. The molecule has 2 N–H and O–H groups in total. The van der Waals surface area contributed by atoms with Crippen LogP contribution in [0.1, 0.15) is 25.7 Å². The van der Waals surface area contributed by atoms with Gasteiger partial charge in [-0.15, -0.1) is 0 Å². The largest absolute Gasteiger partial charge is 0.491 e. The van der Waals surface area contributed by atoms with Crippen LogP contribution in [-0.2, 0) is 4.74 Å². The molecular formula is C14H20BrNO2. The molecule has 1 aromatic rings. The molecule has 1 fully saturated rings. The molecule has 0 radical (unpaired) electrons. The average Bonchev–Trinajstić information content (AvgIpc) is 2.35. The van der Waals surface area contributed by atoms with Crippen molar-refractivity contribution < 1.29 is 9.47 Å². The number of halogens is 1. The molecule has 0 aliphatic heterocycles. The minimum Gasteiger partial charge on any atom is -0.491 e. The van der Waals surface area contributed by atoms with Crippen LogP contribution < -0.4 is 10.5 Å². The van der Waals surface area contributed by atoms with Gasteiger partial charge in [0.25, 0.3) is 0 Å². The number of benzene rings is 1. The van der Waals surface area contributed by atoms with Crippen molar-refractivity contribution >= 4 is 15.9 Å². The second-order valence-corrected chi connectivity index (χ2v) is 5.64. The van der Waals surface area contributed by atoms with Crippen molar-refractivity contribution in [1.82, 2.24) is 0 Å². The Balaban J connectivity index is 1.64. The molecule has 2 rings (SSSR count). The number of hydrogen-bond donors (Lipinski definition) is 1. The maximum absolute atomic E-state index is 5.92. The van der Waals surface area contributed by atoms with Gasteiger partial charge >= 0.3 is 0 Å². The van der Waals surface area contributed by atoms with E-state index >= 15 is 0 Å². The van der Waals surface area contributed by atoms with Crippen LogP contribution in [0.3, 0.4) is 0 Å². The molecule has 0 heterocycles. The summed E-state index contributed by atoms with van der Waals surface area (Å²) in [5.41, 5.74) is 5.92. The molecule has 1 saturated carbocycles. The SMILES string of the molecule is NC1CCCC(OCCOc2cccc(Br)c2)C1. The fourth-order valence-electron chi connectivity index (χ4n) is 2.26. The van der Waals surface area contributed by atoms with Crippen LogP contribution >= 0.6 is 15.9 Å². The highest BCUT2D eigenvalue weighted by Crippen LogP contribution is 2.20. The first-order valence-corrected chi connectivity index (χ1v) is 7.29. The summed E-state index contributed by atoms with van der Waals surface area (Å²) in [6.45, 7) is 1.21. The molecule has 1 aliphatic rings. The van der Waals surface area contributed by atoms with Crippen molar-refractivity contribution in [2.45, 2.75) is 37.8 Å². The number of ether oxygens (including phenoxy) is 2. The van der Waals surface area contributed by atoms with Gasteiger partial charge in [0.2, 0.25) is 0 Å². The zero-order valence-corrected chi connectivity index (χ0v) is 12.1. The van der Waals surface area contributed by atoms with Crippen molar-refractivity contribution in [2.75, 3.05) is 13.2 Å². The predicted octanol–water partition coefficient (Wildman–Crippen LogP) is 3.11. The third-order valence-corrected chi connectivity index (χ3v) is 3.66. The molecule has 0 bridgehead atoms. The zero-order chi connectivity index (χ0) is 12.8. The van der Waals surface area contributed by atoms with E-state index in [1.807, 2.05) is 24.3 Å². The molecule has 0 spiro atoms. The van der Waals surface area contributed by atoms with E-state index in [-0.39, 0.29) is 0 Å². The second kappa shape index (κ2) is 7.12. The van der Waals surface area contributed by atoms with Gasteiger partial charge in [0.05, 0.1) is 12.7 Å². The van der Waals surface area contributed by atoms with Crippen molar-refractivity contribution in [2.24, 2.45) is 5.73 Å². The molecule has 100 valence electrons. The Morgan fingerprint density at radius 1 is 1.28 bits per heavy atom. The van der Waals surface area contributed by atoms with Crippen LogP contribution in [0.15, 0.2) is 28.7 Å². The van der Waals surface area contributed by atoms with Gasteiger partial charge in [-0.05, 0) is 43.9 Å². The van der Waals surface area contributed by atoms with Crippen LogP contribution in [0.4, 0.5) is 0 Å². The van der Waals surface area contributed by atoms with Gasteiger partial charge in [0.1, 0.15) is 12.4 Å². The Hall–Kier alpha value is -0.580. The van der Waals surface area contributed by atoms with Crippen LogP contribution in [0.2, 0.25) is 0 Å². The number of rotatable bonds is 5. The quantitative estimate of drug-likeness (QED) is 0.849. The lowest BCUT2D eigenvalue weighted by molar-refractivity contribution is 0.00880. The van der Waals surface area contributed by atoms with Crippen LogP contribution in [0.5, 0.6) is 5.75 Å². The van der Waals surface area contributed by atoms with Crippen molar-refractivity contribution in [3.8, 4) is 5.75 Å². The lowest BCUT2D eigenvalue weighted by Crippen LogP contribution is -2.32. The van der Waals surface area contributed by atoms with E-state index in [9.17, 15) is 0 Å². The Kier molecular flexibility index (Phi) is 5.47. The summed E-state index contributed by atoms with van der Waals surface area (Å²) in [5, 5.41) is 0. The summed E-state index contributed by atoms with van der Waals surface area (Å²) >= 11 is 3.42. The molecule has 2 atom stereocenters. The monoisotopic (exact) mass is 313 g/mol.